The van der Waals surface area contributed by atoms with Crippen molar-refractivity contribution < 1.29 is 17.9 Å². The maximum atomic E-state index is 12.3. The minimum absolute atomic E-state index is 0.133. The van der Waals surface area contributed by atoms with Crippen LogP contribution in [0, 0.1) is 5.92 Å². The van der Waals surface area contributed by atoms with E-state index in [1.807, 2.05) is 20.8 Å². The van der Waals surface area contributed by atoms with Crippen LogP contribution in [0.3, 0.4) is 0 Å². The third kappa shape index (κ3) is 6.27. The molecule has 6 nitrogen and oxygen atoms in total. The molecule has 0 aliphatic heterocycles. The number of rotatable bonds is 9. The van der Waals surface area contributed by atoms with Crippen LogP contribution >= 0.6 is 0 Å². The normalized spacial score (nSPS) is 11.3. The third-order valence-electron chi connectivity index (χ3n) is 4.05. The number of nitrogens with zero attached hydrogens (tertiary/aromatic N) is 1. The summed E-state index contributed by atoms with van der Waals surface area (Å²) in [6.45, 7) is 7.30. The van der Waals surface area contributed by atoms with E-state index in [0.29, 0.717) is 36.1 Å². The van der Waals surface area contributed by atoms with Gasteiger partial charge in [0.05, 0.1) is 25.1 Å². The van der Waals surface area contributed by atoms with Gasteiger partial charge in [0.25, 0.3) is 5.91 Å². The Morgan fingerprint density at radius 2 is 1.68 bits per heavy atom. The molecule has 0 aromatic heterocycles. The number of anilines is 1. The van der Waals surface area contributed by atoms with Crippen molar-refractivity contribution in [2.45, 2.75) is 27.3 Å². The van der Waals surface area contributed by atoms with Gasteiger partial charge in [0.1, 0.15) is 5.75 Å². The highest BCUT2D eigenvalue weighted by Crippen LogP contribution is 2.24. The summed E-state index contributed by atoms with van der Waals surface area (Å²) in [4.78, 5) is 12.1. The minimum atomic E-state index is -3.47. The highest BCUT2D eigenvalue weighted by Gasteiger charge is 2.18. The lowest BCUT2D eigenvalue weighted by Gasteiger charge is -2.23. The van der Waals surface area contributed by atoms with Gasteiger partial charge in [-0.15, -0.1) is 0 Å². The lowest BCUT2D eigenvalue weighted by atomic mass is 10.1. The van der Waals surface area contributed by atoms with Crippen LogP contribution in [0.4, 0.5) is 5.69 Å². The molecule has 7 heteroatoms. The summed E-state index contributed by atoms with van der Waals surface area (Å²) in [5, 5.41) is 2.87. The molecule has 2 rings (SSSR count). The molecule has 0 bridgehead atoms. The first-order valence-corrected chi connectivity index (χ1v) is 11.1. The van der Waals surface area contributed by atoms with Gasteiger partial charge in [-0.2, -0.15) is 0 Å². The fourth-order valence-corrected chi connectivity index (χ4v) is 3.49. The van der Waals surface area contributed by atoms with Gasteiger partial charge in [0, 0.05) is 12.1 Å². The molecule has 0 saturated heterocycles. The van der Waals surface area contributed by atoms with E-state index in [4.69, 9.17) is 4.74 Å². The van der Waals surface area contributed by atoms with Crippen molar-refractivity contribution in [3.63, 3.8) is 0 Å². The van der Waals surface area contributed by atoms with Gasteiger partial charge in [-0.25, -0.2) is 8.42 Å². The van der Waals surface area contributed by atoms with E-state index in [9.17, 15) is 13.2 Å². The van der Waals surface area contributed by atoms with Crippen LogP contribution < -0.4 is 14.4 Å². The van der Waals surface area contributed by atoms with E-state index in [1.165, 1.54) is 10.6 Å². The van der Waals surface area contributed by atoms with Gasteiger partial charge in [-0.1, -0.05) is 26.0 Å². The molecule has 0 radical (unpaired) electrons. The zero-order valence-corrected chi connectivity index (χ0v) is 17.6. The lowest BCUT2D eigenvalue weighted by Crippen LogP contribution is -2.29. The van der Waals surface area contributed by atoms with Gasteiger partial charge in [0.15, 0.2) is 0 Å². The number of carbonyl (C=O) groups is 1. The van der Waals surface area contributed by atoms with Crippen molar-refractivity contribution in [2.75, 3.05) is 23.7 Å². The SMILES string of the molecule is CCOc1ccc(N(Cc2ccc(C(=O)NCC(C)C)cc2)S(C)(=O)=O)cc1. The summed E-state index contributed by atoms with van der Waals surface area (Å²) in [5.74, 6) is 0.934. The molecule has 0 unspecified atom stereocenters. The summed E-state index contributed by atoms with van der Waals surface area (Å²) in [5.41, 5.74) is 1.90. The smallest absolute Gasteiger partial charge is 0.251 e. The number of carbonyl (C=O) groups excluding carboxylic acids is 1. The monoisotopic (exact) mass is 404 g/mol. The van der Waals surface area contributed by atoms with Crippen molar-refractivity contribution >= 4 is 21.6 Å². The Kier molecular flexibility index (Phi) is 7.45. The van der Waals surface area contributed by atoms with E-state index < -0.39 is 10.0 Å². The molecule has 0 heterocycles. The molecular formula is C21H28N2O4S. The summed E-state index contributed by atoms with van der Waals surface area (Å²) in [7, 11) is -3.47. The Morgan fingerprint density at radius 3 is 2.18 bits per heavy atom. The first-order valence-electron chi connectivity index (χ1n) is 9.28. The average Bonchev–Trinajstić information content (AvgIpc) is 2.65. The predicted octanol–water partition coefficient (Wildman–Crippen LogP) is 3.44. The quantitative estimate of drug-likeness (QED) is 0.695. The van der Waals surface area contributed by atoms with E-state index in [-0.39, 0.29) is 12.5 Å². The molecule has 0 atom stereocenters. The maximum Gasteiger partial charge on any atom is 0.251 e. The molecule has 152 valence electrons. The molecule has 2 aromatic carbocycles. The van der Waals surface area contributed by atoms with Crippen molar-refractivity contribution in [3.8, 4) is 5.75 Å². The van der Waals surface area contributed by atoms with Crippen LogP contribution in [-0.4, -0.2) is 33.7 Å². The molecule has 0 spiro atoms. The molecule has 28 heavy (non-hydrogen) atoms. The summed E-state index contributed by atoms with van der Waals surface area (Å²) in [6.07, 6.45) is 1.18. The maximum absolute atomic E-state index is 12.3. The number of sulfonamides is 1. The van der Waals surface area contributed by atoms with Crippen LogP contribution in [0.1, 0.15) is 36.7 Å². The predicted molar refractivity (Wildman–Crippen MR) is 112 cm³/mol. The highest BCUT2D eigenvalue weighted by molar-refractivity contribution is 7.92. The van der Waals surface area contributed by atoms with Crippen molar-refractivity contribution in [3.05, 3.63) is 59.7 Å². The fourth-order valence-electron chi connectivity index (χ4n) is 2.60. The number of benzene rings is 2. The summed E-state index contributed by atoms with van der Waals surface area (Å²) < 4.78 is 31.3. The number of hydrogen-bond donors (Lipinski definition) is 1. The first-order chi connectivity index (χ1) is 13.2. The van der Waals surface area contributed by atoms with E-state index >= 15 is 0 Å². The van der Waals surface area contributed by atoms with Crippen molar-refractivity contribution in [2.24, 2.45) is 5.92 Å². The molecule has 0 aliphatic rings. The number of nitrogens with one attached hydrogen (secondary N) is 1. The van der Waals surface area contributed by atoms with E-state index in [0.717, 1.165) is 5.56 Å². The Bertz CT molecular complexity index is 876. The Balaban J connectivity index is 2.16. The molecule has 0 aliphatic carbocycles. The van der Waals surface area contributed by atoms with Crippen LogP contribution in [0.25, 0.3) is 0 Å². The topological polar surface area (TPSA) is 75.7 Å². The second-order valence-electron chi connectivity index (χ2n) is 7.00. The number of hydrogen-bond acceptors (Lipinski definition) is 4. The van der Waals surface area contributed by atoms with Crippen molar-refractivity contribution in [1.29, 1.82) is 0 Å². The van der Waals surface area contributed by atoms with Crippen LogP contribution in [0.15, 0.2) is 48.5 Å². The molecule has 1 amide bonds. The van der Waals surface area contributed by atoms with Gasteiger partial charge in [-0.3, -0.25) is 9.10 Å². The molecule has 2 aromatic rings. The minimum Gasteiger partial charge on any atom is -0.494 e. The average molecular weight is 405 g/mol. The molecular weight excluding hydrogens is 376 g/mol. The Labute approximate surface area is 167 Å². The van der Waals surface area contributed by atoms with E-state index in [1.54, 1.807) is 48.5 Å². The van der Waals surface area contributed by atoms with Crippen molar-refractivity contribution in [1.82, 2.24) is 5.32 Å². The van der Waals surface area contributed by atoms with Crippen LogP contribution in [-0.2, 0) is 16.6 Å². The Hall–Kier alpha value is -2.54. The number of amides is 1. The molecule has 0 saturated carbocycles. The van der Waals surface area contributed by atoms with Crippen LogP contribution in [0.2, 0.25) is 0 Å². The lowest BCUT2D eigenvalue weighted by molar-refractivity contribution is 0.0949. The Morgan fingerprint density at radius 1 is 1.07 bits per heavy atom. The summed E-state index contributed by atoms with van der Waals surface area (Å²) in [6, 6.07) is 13.9. The molecule has 1 N–H and O–H groups in total. The largest absolute Gasteiger partial charge is 0.494 e. The summed E-state index contributed by atoms with van der Waals surface area (Å²) >= 11 is 0. The van der Waals surface area contributed by atoms with Gasteiger partial charge in [0.2, 0.25) is 10.0 Å². The third-order valence-corrected chi connectivity index (χ3v) is 5.19. The zero-order chi connectivity index (χ0) is 20.7. The van der Waals surface area contributed by atoms with Gasteiger partial charge >= 0.3 is 0 Å². The fraction of sp³-hybridized carbons (Fsp3) is 0.381. The molecule has 0 fully saturated rings. The highest BCUT2D eigenvalue weighted by atomic mass is 32.2. The second kappa shape index (κ2) is 9.59. The first kappa shape index (κ1) is 21.8. The van der Waals surface area contributed by atoms with E-state index in [2.05, 4.69) is 5.32 Å². The van der Waals surface area contributed by atoms with Crippen LogP contribution in [0.5, 0.6) is 5.75 Å². The standard InChI is InChI=1S/C21H28N2O4S/c1-5-27-20-12-10-19(11-13-20)23(28(4,25)26)15-17-6-8-18(9-7-17)21(24)22-14-16(2)3/h6-13,16H,5,14-15H2,1-4H3,(H,22,24). The second-order valence-corrected chi connectivity index (χ2v) is 8.90. The van der Waals surface area contributed by atoms with Gasteiger partial charge < -0.3 is 10.1 Å². The van der Waals surface area contributed by atoms with Gasteiger partial charge in [-0.05, 0) is 54.8 Å². The number of ether oxygens (including phenoxy) is 1. The zero-order valence-electron chi connectivity index (χ0n) is 16.8.